The molecule has 0 spiro atoms. The number of aromatic nitrogens is 2. The molecule has 1 aromatic heterocycles. The number of carbonyl (C=O) groups is 1. The van der Waals surface area contributed by atoms with Crippen LogP contribution in [0.3, 0.4) is 0 Å². The van der Waals surface area contributed by atoms with E-state index in [1.807, 2.05) is 6.92 Å². The molecular weight excluding hydrogens is 327 g/mol. The van der Waals surface area contributed by atoms with E-state index in [1.165, 1.54) is 13.2 Å². The van der Waals surface area contributed by atoms with Gasteiger partial charge in [0.05, 0.1) is 31.5 Å². The molecule has 0 aromatic carbocycles. The van der Waals surface area contributed by atoms with Crippen molar-refractivity contribution >= 4 is 5.97 Å². The van der Waals surface area contributed by atoms with E-state index in [1.54, 1.807) is 19.2 Å². The summed E-state index contributed by atoms with van der Waals surface area (Å²) in [7, 11) is 1.47. The quantitative estimate of drug-likeness (QED) is 0.851. The van der Waals surface area contributed by atoms with Gasteiger partial charge in [-0.1, -0.05) is 0 Å². The molecule has 3 rings (SSSR count). The molecule has 2 aliphatic rings. The molecule has 3 atom stereocenters. The molecule has 1 heterocycles. The fourth-order valence-corrected chi connectivity index (χ4v) is 3.48. The Hall–Kier alpha value is -2.44. The summed E-state index contributed by atoms with van der Waals surface area (Å²) in [5, 5.41) is 9.46. The number of hydrogen-bond donors (Lipinski definition) is 1. The highest BCUT2D eigenvalue weighted by Crippen LogP contribution is 2.61. The molecule has 0 saturated heterocycles. The zero-order chi connectivity index (χ0) is 18.2. The summed E-state index contributed by atoms with van der Waals surface area (Å²) in [6.45, 7) is 3.76. The van der Waals surface area contributed by atoms with Gasteiger partial charge in [0.25, 0.3) is 0 Å². The van der Waals surface area contributed by atoms with E-state index in [2.05, 4.69) is 9.97 Å². The van der Waals surface area contributed by atoms with Crippen molar-refractivity contribution in [2.24, 2.45) is 17.3 Å². The highest BCUT2D eigenvalue weighted by Gasteiger charge is 2.63. The second-order valence-corrected chi connectivity index (χ2v) is 6.66. The van der Waals surface area contributed by atoms with Crippen molar-refractivity contribution in [3.8, 4) is 5.75 Å². The molecule has 1 aromatic rings. The third-order valence-electron chi connectivity index (χ3n) is 5.02. The summed E-state index contributed by atoms with van der Waals surface area (Å²) in [5.41, 5.74) is 0.0384. The van der Waals surface area contributed by atoms with Crippen LogP contribution in [0.15, 0.2) is 29.9 Å². The maximum atomic E-state index is 14.0. The Bertz CT molecular complexity index is 761. The third-order valence-corrected chi connectivity index (χ3v) is 5.02. The SMILES string of the molecule is COC1=CC([C@]2(COc3cnc(C)nc3C)C[C@H]2C(=O)O)CC(F)=C1. The van der Waals surface area contributed by atoms with Crippen LogP contribution in [0.4, 0.5) is 4.39 Å². The van der Waals surface area contributed by atoms with Crippen molar-refractivity contribution < 1.29 is 23.8 Å². The molecule has 2 aliphatic carbocycles. The number of hydrogen-bond acceptors (Lipinski definition) is 5. The van der Waals surface area contributed by atoms with Crippen LogP contribution in [-0.2, 0) is 9.53 Å². The predicted octanol–water partition coefficient (Wildman–Crippen LogP) is 2.97. The molecule has 0 aliphatic heterocycles. The van der Waals surface area contributed by atoms with Gasteiger partial charge in [-0.3, -0.25) is 4.79 Å². The number of carboxylic acid groups (broad SMARTS) is 1. The minimum absolute atomic E-state index is 0.156. The average molecular weight is 348 g/mol. The number of allylic oxidation sites excluding steroid dienone is 3. The molecule has 6 nitrogen and oxygen atoms in total. The monoisotopic (exact) mass is 348 g/mol. The molecule has 1 fully saturated rings. The first-order chi connectivity index (χ1) is 11.9. The van der Waals surface area contributed by atoms with Gasteiger partial charge < -0.3 is 14.6 Å². The van der Waals surface area contributed by atoms with Gasteiger partial charge in [0.1, 0.15) is 17.4 Å². The number of nitrogens with zero attached hydrogens (tertiary/aromatic N) is 2. The van der Waals surface area contributed by atoms with Crippen molar-refractivity contribution in [1.82, 2.24) is 9.97 Å². The maximum absolute atomic E-state index is 14.0. The summed E-state index contributed by atoms with van der Waals surface area (Å²) in [4.78, 5) is 19.9. The van der Waals surface area contributed by atoms with Crippen LogP contribution >= 0.6 is 0 Å². The van der Waals surface area contributed by atoms with E-state index in [9.17, 15) is 14.3 Å². The first-order valence-electron chi connectivity index (χ1n) is 8.13. The van der Waals surface area contributed by atoms with E-state index in [0.29, 0.717) is 29.4 Å². The molecule has 0 radical (unpaired) electrons. The van der Waals surface area contributed by atoms with Crippen molar-refractivity contribution in [2.45, 2.75) is 26.7 Å². The Labute approximate surface area is 145 Å². The second kappa shape index (κ2) is 6.46. The summed E-state index contributed by atoms with van der Waals surface area (Å²) < 4.78 is 25.0. The minimum atomic E-state index is -0.886. The fourth-order valence-electron chi connectivity index (χ4n) is 3.48. The topological polar surface area (TPSA) is 81.5 Å². The zero-order valence-corrected chi connectivity index (χ0v) is 14.5. The molecule has 7 heteroatoms. The van der Waals surface area contributed by atoms with E-state index in [0.717, 1.165) is 0 Å². The lowest BCUT2D eigenvalue weighted by Crippen LogP contribution is -2.28. The molecule has 1 unspecified atom stereocenters. The van der Waals surface area contributed by atoms with E-state index >= 15 is 0 Å². The number of methoxy groups -OCH3 is 1. The molecule has 1 N–H and O–H groups in total. The van der Waals surface area contributed by atoms with Crippen LogP contribution < -0.4 is 4.74 Å². The van der Waals surface area contributed by atoms with Gasteiger partial charge in [0.2, 0.25) is 0 Å². The normalized spacial score (nSPS) is 28.0. The van der Waals surface area contributed by atoms with Crippen LogP contribution in [0.1, 0.15) is 24.4 Å². The Morgan fingerprint density at radius 1 is 1.48 bits per heavy atom. The Morgan fingerprint density at radius 2 is 2.24 bits per heavy atom. The first kappa shape index (κ1) is 17.4. The van der Waals surface area contributed by atoms with Gasteiger partial charge in [0.15, 0.2) is 5.75 Å². The van der Waals surface area contributed by atoms with Gasteiger partial charge >= 0.3 is 5.97 Å². The molecular formula is C18H21FN2O4. The number of aliphatic carboxylic acids is 1. The fraction of sp³-hybridized carbons (Fsp3) is 0.500. The number of carboxylic acids is 1. The van der Waals surface area contributed by atoms with Crippen LogP contribution in [0, 0.1) is 31.1 Å². The van der Waals surface area contributed by atoms with Crippen molar-refractivity contribution in [2.75, 3.05) is 13.7 Å². The van der Waals surface area contributed by atoms with Gasteiger partial charge in [-0.2, -0.15) is 0 Å². The number of aryl methyl sites for hydroxylation is 2. The van der Waals surface area contributed by atoms with Gasteiger partial charge in [-0.15, -0.1) is 0 Å². The lowest BCUT2D eigenvalue weighted by atomic mass is 9.82. The van der Waals surface area contributed by atoms with E-state index < -0.39 is 17.3 Å². The average Bonchev–Trinajstić information content (AvgIpc) is 3.30. The zero-order valence-electron chi connectivity index (χ0n) is 14.5. The summed E-state index contributed by atoms with van der Waals surface area (Å²) >= 11 is 0. The number of rotatable bonds is 6. The van der Waals surface area contributed by atoms with Crippen LogP contribution in [0.2, 0.25) is 0 Å². The summed E-state index contributed by atoms with van der Waals surface area (Å²) in [5.74, 6) is -0.480. The first-order valence-corrected chi connectivity index (χ1v) is 8.13. The van der Waals surface area contributed by atoms with E-state index in [-0.39, 0.29) is 24.8 Å². The van der Waals surface area contributed by atoms with Gasteiger partial charge in [-0.25, -0.2) is 14.4 Å². The number of halogens is 1. The van der Waals surface area contributed by atoms with Crippen molar-refractivity contribution in [3.05, 3.63) is 41.5 Å². The van der Waals surface area contributed by atoms with Crippen LogP contribution in [0.25, 0.3) is 0 Å². The van der Waals surface area contributed by atoms with Crippen molar-refractivity contribution in [1.29, 1.82) is 0 Å². The van der Waals surface area contributed by atoms with Gasteiger partial charge in [0, 0.05) is 17.9 Å². The molecule has 0 amide bonds. The van der Waals surface area contributed by atoms with Crippen LogP contribution in [0.5, 0.6) is 5.75 Å². The smallest absolute Gasteiger partial charge is 0.307 e. The second-order valence-electron chi connectivity index (χ2n) is 6.66. The van der Waals surface area contributed by atoms with E-state index in [4.69, 9.17) is 9.47 Å². The third kappa shape index (κ3) is 3.36. The molecule has 0 bridgehead atoms. The molecule has 1 saturated carbocycles. The van der Waals surface area contributed by atoms with Crippen LogP contribution in [-0.4, -0.2) is 34.8 Å². The standard InChI is InChI=1S/C18H21FN2O4/c1-10-16(8-20-11(2)21-10)25-9-18(7-15(18)17(22)23)12-4-13(19)6-14(5-12)24-3/h5-6,8,12,15H,4,7,9H2,1-3H3,(H,22,23)/t12?,15-,18+/m0/s1. The lowest BCUT2D eigenvalue weighted by Gasteiger charge is -2.27. The minimum Gasteiger partial charge on any atom is -0.497 e. The van der Waals surface area contributed by atoms with Crippen molar-refractivity contribution in [3.63, 3.8) is 0 Å². The molecule has 134 valence electrons. The molecule has 25 heavy (non-hydrogen) atoms. The highest BCUT2D eigenvalue weighted by atomic mass is 19.1. The highest BCUT2D eigenvalue weighted by molar-refractivity contribution is 5.75. The van der Waals surface area contributed by atoms with Gasteiger partial charge in [-0.05, 0) is 32.3 Å². The number of ether oxygens (including phenoxy) is 2. The maximum Gasteiger partial charge on any atom is 0.307 e. The Morgan fingerprint density at radius 3 is 2.84 bits per heavy atom. The Kier molecular flexibility index (Phi) is 4.49. The predicted molar refractivity (Wildman–Crippen MR) is 87.6 cm³/mol. The lowest BCUT2D eigenvalue weighted by molar-refractivity contribution is -0.140. The summed E-state index contributed by atoms with van der Waals surface area (Å²) in [6.07, 6.45) is 5.32. The Balaban J connectivity index is 1.82. The summed E-state index contributed by atoms with van der Waals surface area (Å²) in [6, 6.07) is 0. The largest absolute Gasteiger partial charge is 0.497 e.